The zero-order valence-electron chi connectivity index (χ0n) is 17.6. The van der Waals surface area contributed by atoms with Gasteiger partial charge in [0.1, 0.15) is 5.75 Å². The molecule has 0 saturated heterocycles. The molecule has 1 aliphatic heterocycles. The number of hydrogen-bond acceptors (Lipinski definition) is 7. The van der Waals surface area contributed by atoms with Crippen molar-refractivity contribution in [2.45, 2.75) is 13.0 Å². The summed E-state index contributed by atoms with van der Waals surface area (Å²) in [5, 5.41) is 11.7. The fourth-order valence-electron chi connectivity index (χ4n) is 3.83. The van der Waals surface area contributed by atoms with Crippen molar-refractivity contribution < 1.29 is 23.8 Å². The van der Waals surface area contributed by atoms with Gasteiger partial charge in [0.15, 0.2) is 16.7 Å². The highest BCUT2D eigenvalue weighted by molar-refractivity contribution is 7.22. The fraction of sp³-hybridized carbons (Fsp3) is 0.125. The Morgan fingerprint density at radius 2 is 2.03 bits per heavy atom. The second-order valence-electron chi connectivity index (χ2n) is 7.38. The van der Waals surface area contributed by atoms with E-state index >= 15 is 0 Å². The molecular formula is C24H16Cl2N2O5S. The van der Waals surface area contributed by atoms with Crippen LogP contribution in [-0.4, -0.2) is 28.4 Å². The van der Waals surface area contributed by atoms with Gasteiger partial charge < -0.3 is 14.3 Å². The Morgan fingerprint density at radius 1 is 1.21 bits per heavy atom. The number of aliphatic hydroxyl groups excluding tert-OH is 1. The SMILES string of the molecule is CCOc1ccc2nc(N3C(=O)C(O)=C(C(=O)c4ccco4)C3c3ccc(Cl)c(Cl)c3)sc2c1. The number of Topliss-reactive ketones (excluding diaryl/α,β-unsaturated/α-hetero) is 1. The molecule has 34 heavy (non-hydrogen) atoms. The summed E-state index contributed by atoms with van der Waals surface area (Å²) in [6.07, 6.45) is 1.34. The number of aliphatic hydroxyl groups is 1. The van der Waals surface area contributed by atoms with Gasteiger partial charge in [0.2, 0.25) is 5.78 Å². The van der Waals surface area contributed by atoms with E-state index in [0.717, 1.165) is 4.70 Å². The number of hydrogen-bond donors (Lipinski definition) is 1. The van der Waals surface area contributed by atoms with E-state index in [9.17, 15) is 14.7 Å². The second kappa shape index (κ2) is 8.79. The smallest absolute Gasteiger partial charge is 0.296 e. The Kier molecular flexibility index (Phi) is 5.81. The van der Waals surface area contributed by atoms with Crippen molar-refractivity contribution in [1.29, 1.82) is 0 Å². The van der Waals surface area contributed by atoms with E-state index in [1.807, 2.05) is 13.0 Å². The predicted molar refractivity (Wildman–Crippen MR) is 130 cm³/mol. The van der Waals surface area contributed by atoms with Crippen molar-refractivity contribution in [3.63, 3.8) is 0 Å². The van der Waals surface area contributed by atoms with Gasteiger partial charge in [-0.05, 0) is 55.0 Å². The number of anilines is 1. The molecule has 7 nitrogen and oxygen atoms in total. The number of halogens is 2. The van der Waals surface area contributed by atoms with E-state index < -0.39 is 23.5 Å². The molecule has 3 heterocycles. The summed E-state index contributed by atoms with van der Waals surface area (Å²) in [5.41, 5.74) is 0.998. The third kappa shape index (κ3) is 3.73. The lowest BCUT2D eigenvalue weighted by molar-refractivity contribution is -0.117. The normalized spacial score (nSPS) is 16.0. The van der Waals surface area contributed by atoms with Crippen LogP contribution in [0.4, 0.5) is 5.13 Å². The molecule has 0 fully saturated rings. The van der Waals surface area contributed by atoms with Crippen LogP contribution in [0.25, 0.3) is 10.2 Å². The van der Waals surface area contributed by atoms with Gasteiger partial charge in [-0.2, -0.15) is 0 Å². The standard InChI is InChI=1S/C24H16Cl2N2O5S/c1-2-32-13-6-8-16-18(11-13)34-24(27-16)28-20(12-5-7-14(25)15(26)10-12)19(22(30)23(28)31)21(29)17-4-3-9-33-17/h3-11,20,30H,2H2,1H3. The summed E-state index contributed by atoms with van der Waals surface area (Å²) in [5.74, 6) is -1.38. The Bertz CT molecular complexity index is 1460. The lowest BCUT2D eigenvalue weighted by Gasteiger charge is -2.24. The number of carbonyl (C=O) groups excluding carboxylic acids is 2. The number of nitrogens with zero attached hydrogens (tertiary/aromatic N) is 2. The van der Waals surface area contributed by atoms with Crippen molar-refractivity contribution in [3.05, 3.63) is 87.5 Å². The Labute approximate surface area is 207 Å². The van der Waals surface area contributed by atoms with Crippen LogP contribution in [-0.2, 0) is 4.79 Å². The summed E-state index contributed by atoms with van der Waals surface area (Å²) >= 11 is 13.6. The van der Waals surface area contributed by atoms with Gasteiger partial charge in [0.05, 0.1) is 44.7 Å². The van der Waals surface area contributed by atoms with Crippen molar-refractivity contribution >= 4 is 61.6 Å². The van der Waals surface area contributed by atoms with Gasteiger partial charge in [-0.25, -0.2) is 4.98 Å². The van der Waals surface area contributed by atoms with E-state index in [1.54, 1.807) is 36.4 Å². The second-order valence-corrected chi connectivity index (χ2v) is 9.20. The van der Waals surface area contributed by atoms with Gasteiger partial charge in [0.25, 0.3) is 5.91 Å². The molecule has 5 rings (SSSR count). The first kappa shape index (κ1) is 22.5. The van der Waals surface area contributed by atoms with Crippen LogP contribution >= 0.6 is 34.5 Å². The first-order valence-electron chi connectivity index (χ1n) is 10.2. The number of carbonyl (C=O) groups is 2. The number of amides is 1. The first-order chi connectivity index (χ1) is 16.4. The van der Waals surface area contributed by atoms with Crippen molar-refractivity contribution in [2.75, 3.05) is 11.5 Å². The number of ether oxygens (including phenoxy) is 1. The van der Waals surface area contributed by atoms with Crippen LogP contribution in [0.5, 0.6) is 5.75 Å². The number of rotatable bonds is 6. The minimum Gasteiger partial charge on any atom is -0.503 e. The van der Waals surface area contributed by atoms with Crippen molar-refractivity contribution in [1.82, 2.24) is 4.98 Å². The average molecular weight is 515 g/mol. The van der Waals surface area contributed by atoms with Crippen LogP contribution in [0.2, 0.25) is 10.0 Å². The molecule has 1 atom stereocenters. The van der Waals surface area contributed by atoms with Crippen LogP contribution in [0.3, 0.4) is 0 Å². The monoisotopic (exact) mass is 514 g/mol. The van der Waals surface area contributed by atoms with Gasteiger partial charge in [-0.3, -0.25) is 14.5 Å². The molecule has 172 valence electrons. The zero-order chi connectivity index (χ0) is 24.0. The lowest BCUT2D eigenvalue weighted by atomic mass is 9.95. The Morgan fingerprint density at radius 3 is 2.74 bits per heavy atom. The third-order valence-electron chi connectivity index (χ3n) is 5.32. The molecule has 1 unspecified atom stereocenters. The summed E-state index contributed by atoms with van der Waals surface area (Å²) in [6, 6.07) is 12.2. The highest BCUT2D eigenvalue weighted by atomic mass is 35.5. The van der Waals surface area contributed by atoms with Gasteiger partial charge in [-0.1, -0.05) is 40.6 Å². The van der Waals surface area contributed by atoms with Gasteiger partial charge in [0, 0.05) is 0 Å². The van der Waals surface area contributed by atoms with Crippen LogP contribution in [0.15, 0.2) is 70.5 Å². The maximum atomic E-state index is 13.3. The topological polar surface area (TPSA) is 92.9 Å². The maximum absolute atomic E-state index is 13.3. The molecule has 0 spiro atoms. The van der Waals surface area contributed by atoms with E-state index in [-0.39, 0.29) is 16.4 Å². The Hall–Kier alpha value is -3.33. The molecule has 0 radical (unpaired) electrons. The number of furan rings is 1. The van der Waals surface area contributed by atoms with Crippen LogP contribution in [0.1, 0.15) is 29.1 Å². The number of benzene rings is 2. The van der Waals surface area contributed by atoms with E-state index in [2.05, 4.69) is 4.98 Å². The molecule has 0 aliphatic carbocycles. The van der Waals surface area contributed by atoms with Crippen molar-refractivity contribution in [2.24, 2.45) is 0 Å². The Balaban J connectivity index is 1.66. The molecule has 4 aromatic rings. The minimum atomic E-state index is -0.994. The molecule has 1 aliphatic rings. The number of aromatic nitrogens is 1. The van der Waals surface area contributed by atoms with E-state index in [4.69, 9.17) is 32.4 Å². The minimum absolute atomic E-state index is 0.00748. The van der Waals surface area contributed by atoms with Gasteiger partial charge in [-0.15, -0.1) is 0 Å². The van der Waals surface area contributed by atoms with E-state index in [0.29, 0.717) is 33.6 Å². The molecule has 0 bridgehead atoms. The summed E-state index contributed by atoms with van der Waals surface area (Å²) < 4.78 is 11.6. The molecular weight excluding hydrogens is 499 g/mol. The number of ketones is 1. The fourth-order valence-corrected chi connectivity index (χ4v) is 5.15. The van der Waals surface area contributed by atoms with Crippen LogP contribution < -0.4 is 9.64 Å². The molecule has 1 amide bonds. The predicted octanol–water partition coefficient (Wildman–Crippen LogP) is 6.38. The lowest BCUT2D eigenvalue weighted by Crippen LogP contribution is -2.31. The largest absolute Gasteiger partial charge is 0.503 e. The van der Waals surface area contributed by atoms with Crippen LogP contribution in [0, 0.1) is 0 Å². The molecule has 1 N–H and O–H groups in total. The molecule has 2 aromatic heterocycles. The highest BCUT2D eigenvalue weighted by Gasteiger charge is 2.46. The molecule has 0 saturated carbocycles. The molecule has 2 aromatic carbocycles. The van der Waals surface area contributed by atoms with Gasteiger partial charge >= 0.3 is 0 Å². The highest BCUT2D eigenvalue weighted by Crippen LogP contribution is 2.45. The van der Waals surface area contributed by atoms with Crippen molar-refractivity contribution in [3.8, 4) is 5.75 Å². The number of thiazole rings is 1. The zero-order valence-corrected chi connectivity index (χ0v) is 19.9. The summed E-state index contributed by atoms with van der Waals surface area (Å²) in [4.78, 5) is 32.4. The van der Waals surface area contributed by atoms with E-state index in [1.165, 1.54) is 28.6 Å². The average Bonchev–Trinajstić information content (AvgIpc) is 3.54. The summed E-state index contributed by atoms with van der Waals surface area (Å²) in [7, 11) is 0. The quantitative estimate of drug-likeness (QED) is 0.300. The first-order valence-corrected chi connectivity index (χ1v) is 11.8. The maximum Gasteiger partial charge on any atom is 0.296 e. The third-order valence-corrected chi connectivity index (χ3v) is 7.08. The summed E-state index contributed by atoms with van der Waals surface area (Å²) in [6.45, 7) is 2.40. The molecule has 10 heteroatoms. The number of fused-ring (bicyclic) bond motifs is 1.